The highest BCUT2D eigenvalue weighted by Crippen LogP contribution is 2.15. The van der Waals surface area contributed by atoms with Gasteiger partial charge in [-0.1, -0.05) is 25.7 Å². The highest BCUT2D eigenvalue weighted by atomic mass is 16.6. The molecule has 32 heavy (non-hydrogen) atoms. The highest BCUT2D eigenvalue weighted by molar-refractivity contribution is 5.87. The van der Waals surface area contributed by atoms with Gasteiger partial charge in [-0.05, 0) is 77.4 Å². The van der Waals surface area contributed by atoms with Crippen molar-refractivity contribution in [1.82, 2.24) is 9.80 Å². The number of unbranched alkanes of at least 4 members (excludes halogenated alkanes) is 5. The van der Waals surface area contributed by atoms with Crippen LogP contribution in [0.2, 0.25) is 0 Å². The average molecular weight is 449 g/mol. The van der Waals surface area contributed by atoms with Crippen LogP contribution in [0.4, 0.5) is 4.79 Å². The van der Waals surface area contributed by atoms with E-state index in [4.69, 9.17) is 14.6 Å². The second-order valence-corrected chi connectivity index (χ2v) is 9.46. The number of carboxylic acid groups (broad SMARTS) is 1. The van der Waals surface area contributed by atoms with Gasteiger partial charge in [0.15, 0.2) is 0 Å². The highest BCUT2D eigenvalue weighted by Gasteiger charge is 2.24. The number of carbonyl (C=O) groups excluding carboxylic acids is 1. The molecule has 1 aliphatic rings. The third kappa shape index (κ3) is 10.4. The van der Waals surface area contributed by atoms with E-state index in [9.17, 15) is 9.59 Å². The Kier molecular flexibility index (Phi) is 10.8. The first kappa shape index (κ1) is 26.0. The Bertz CT molecular complexity index is 699. The van der Waals surface area contributed by atoms with E-state index in [0.29, 0.717) is 6.61 Å². The Morgan fingerprint density at radius 3 is 2.22 bits per heavy atom. The van der Waals surface area contributed by atoms with Crippen molar-refractivity contribution in [3.8, 4) is 5.75 Å². The summed E-state index contributed by atoms with van der Waals surface area (Å²) in [6.07, 6.45) is 7.80. The number of aromatic carboxylic acids is 1. The fourth-order valence-electron chi connectivity index (χ4n) is 3.73. The molecule has 1 amide bonds. The first-order chi connectivity index (χ1) is 15.2. The van der Waals surface area contributed by atoms with Gasteiger partial charge < -0.3 is 24.4 Å². The number of carboxylic acids is 1. The van der Waals surface area contributed by atoms with Crippen molar-refractivity contribution in [3.05, 3.63) is 29.8 Å². The third-order valence-electron chi connectivity index (χ3n) is 5.48. The van der Waals surface area contributed by atoms with Crippen molar-refractivity contribution >= 4 is 12.1 Å². The van der Waals surface area contributed by atoms with Crippen molar-refractivity contribution in [3.63, 3.8) is 0 Å². The lowest BCUT2D eigenvalue weighted by Crippen LogP contribution is -2.39. The van der Waals surface area contributed by atoms with Crippen LogP contribution in [0.25, 0.3) is 0 Å². The molecular formula is C25H40N2O5. The lowest BCUT2D eigenvalue weighted by atomic mass is 10.1. The predicted octanol–water partition coefficient (Wildman–Crippen LogP) is 5.05. The summed E-state index contributed by atoms with van der Waals surface area (Å²) < 4.78 is 11.2. The van der Waals surface area contributed by atoms with Crippen LogP contribution in [-0.4, -0.2) is 71.9 Å². The summed E-state index contributed by atoms with van der Waals surface area (Å²) in [7, 11) is 0. The number of carbonyl (C=O) groups is 2. The molecule has 1 N–H and O–H groups in total. The molecule has 1 fully saturated rings. The minimum atomic E-state index is -0.921. The van der Waals surface area contributed by atoms with Gasteiger partial charge in [-0.3, -0.25) is 0 Å². The van der Waals surface area contributed by atoms with E-state index in [1.807, 2.05) is 25.7 Å². The number of benzene rings is 1. The maximum atomic E-state index is 12.3. The molecule has 0 aliphatic carbocycles. The summed E-state index contributed by atoms with van der Waals surface area (Å²) in [5.74, 6) is -0.201. The molecule has 1 heterocycles. The van der Waals surface area contributed by atoms with Gasteiger partial charge in [0.05, 0.1) is 12.2 Å². The van der Waals surface area contributed by atoms with Crippen LogP contribution in [-0.2, 0) is 4.74 Å². The maximum absolute atomic E-state index is 12.3. The van der Waals surface area contributed by atoms with Crippen LogP contribution < -0.4 is 4.74 Å². The molecule has 0 radical (unpaired) electrons. The Hall–Kier alpha value is -2.28. The van der Waals surface area contributed by atoms with Crippen LogP contribution in [0.1, 0.15) is 76.1 Å². The molecule has 0 aromatic heterocycles. The van der Waals surface area contributed by atoms with E-state index in [2.05, 4.69) is 4.90 Å². The fraction of sp³-hybridized carbons (Fsp3) is 0.680. The van der Waals surface area contributed by atoms with Crippen molar-refractivity contribution in [1.29, 1.82) is 0 Å². The monoisotopic (exact) mass is 448 g/mol. The molecule has 0 spiro atoms. The number of ether oxygens (including phenoxy) is 2. The standard InChI is InChI=1S/C25H40N2O5/c1-25(2,3)32-24(30)27-17-10-16-26(18-19-27)15-8-6-4-5-7-9-20-31-22-13-11-21(12-14-22)23(28)29/h11-14H,4-10,15-20H2,1-3H3,(H,28,29). The SMILES string of the molecule is CC(C)(C)OC(=O)N1CCCN(CCCCCCCCOc2ccc(C(=O)O)cc2)CC1. The summed E-state index contributed by atoms with van der Waals surface area (Å²) in [6.45, 7) is 11.0. The summed E-state index contributed by atoms with van der Waals surface area (Å²) in [4.78, 5) is 27.4. The smallest absolute Gasteiger partial charge is 0.410 e. The molecule has 0 bridgehead atoms. The molecule has 7 heteroatoms. The van der Waals surface area contributed by atoms with E-state index in [-0.39, 0.29) is 11.7 Å². The second kappa shape index (κ2) is 13.3. The van der Waals surface area contributed by atoms with Gasteiger partial charge >= 0.3 is 12.1 Å². The van der Waals surface area contributed by atoms with Crippen molar-refractivity contribution in [2.24, 2.45) is 0 Å². The molecular weight excluding hydrogens is 408 g/mol. The zero-order valence-corrected chi connectivity index (χ0v) is 20.0. The van der Waals surface area contributed by atoms with Gasteiger partial charge in [-0.15, -0.1) is 0 Å². The number of hydrogen-bond acceptors (Lipinski definition) is 5. The summed E-state index contributed by atoms with van der Waals surface area (Å²) in [5.41, 5.74) is -0.166. The van der Waals surface area contributed by atoms with E-state index in [1.54, 1.807) is 24.3 Å². The largest absolute Gasteiger partial charge is 0.494 e. The van der Waals surface area contributed by atoms with E-state index >= 15 is 0 Å². The Balaban J connectivity index is 1.48. The Morgan fingerprint density at radius 2 is 1.56 bits per heavy atom. The number of rotatable bonds is 11. The van der Waals surface area contributed by atoms with Crippen molar-refractivity contribution in [2.45, 2.75) is 71.3 Å². The number of hydrogen-bond donors (Lipinski definition) is 1. The molecule has 1 aliphatic heterocycles. The minimum Gasteiger partial charge on any atom is -0.494 e. The quantitative estimate of drug-likeness (QED) is 0.478. The van der Waals surface area contributed by atoms with E-state index < -0.39 is 11.6 Å². The molecule has 2 rings (SSSR count). The molecule has 0 unspecified atom stereocenters. The normalized spacial score (nSPS) is 15.3. The zero-order chi connectivity index (χ0) is 23.4. The van der Waals surface area contributed by atoms with Crippen molar-refractivity contribution in [2.75, 3.05) is 39.3 Å². The zero-order valence-electron chi connectivity index (χ0n) is 20.0. The van der Waals surface area contributed by atoms with Gasteiger partial charge in [0.1, 0.15) is 11.4 Å². The topological polar surface area (TPSA) is 79.3 Å². The predicted molar refractivity (Wildman–Crippen MR) is 125 cm³/mol. The van der Waals surface area contributed by atoms with Gasteiger partial charge in [0, 0.05) is 19.6 Å². The van der Waals surface area contributed by atoms with E-state index in [1.165, 1.54) is 25.7 Å². The first-order valence-corrected chi connectivity index (χ1v) is 11.9. The second-order valence-electron chi connectivity index (χ2n) is 9.46. The average Bonchev–Trinajstić information content (AvgIpc) is 2.97. The molecule has 0 atom stereocenters. The van der Waals surface area contributed by atoms with Crippen LogP contribution in [0.3, 0.4) is 0 Å². The summed E-state index contributed by atoms with van der Waals surface area (Å²) in [6, 6.07) is 6.55. The molecule has 7 nitrogen and oxygen atoms in total. The van der Waals surface area contributed by atoms with Crippen molar-refractivity contribution < 1.29 is 24.2 Å². The van der Waals surface area contributed by atoms with Gasteiger partial charge in [0.25, 0.3) is 0 Å². The van der Waals surface area contributed by atoms with Gasteiger partial charge in [-0.2, -0.15) is 0 Å². The minimum absolute atomic E-state index is 0.194. The van der Waals surface area contributed by atoms with Crippen LogP contribution in [0, 0.1) is 0 Å². The van der Waals surface area contributed by atoms with Gasteiger partial charge in [-0.25, -0.2) is 9.59 Å². The van der Waals surface area contributed by atoms with Crippen LogP contribution in [0.5, 0.6) is 5.75 Å². The Labute approximate surface area is 192 Å². The molecule has 0 saturated carbocycles. The number of amides is 1. The van der Waals surface area contributed by atoms with Gasteiger partial charge in [0.2, 0.25) is 0 Å². The number of nitrogens with zero attached hydrogens (tertiary/aromatic N) is 2. The third-order valence-corrected chi connectivity index (χ3v) is 5.48. The summed E-state index contributed by atoms with van der Waals surface area (Å²) >= 11 is 0. The van der Waals surface area contributed by atoms with Crippen LogP contribution >= 0.6 is 0 Å². The Morgan fingerprint density at radius 1 is 0.906 bits per heavy atom. The lowest BCUT2D eigenvalue weighted by Gasteiger charge is -2.26. The van der Waals surface area contributed by atoms with Crippen LogP contribution in [0.15, 0.2) is 24.3 Å². The molecule has 1 aromatic carbocycles. The lowest BCUT2D eigenvalue weighted by molar-refractivity contribution is 0.0257. The maximum Gasteiger partial charge on any atom is 0.410 e. The first-order valence-electron chi connectivity index (χ1n) is 11.9. The molecule has 180 valence electrons. The fourth-order valence-corrected chi connectivity index (χ4v) is 3.73. The summed E-state index contributed by atoms with van der Waals surface area (Å²) in [5, 5.41) is 8.90. The van der Waals surface area contributed by atoms with E-state index in [0.717, 1.165) is 57.7 Å². The molecule has 1 saturated heterocycles. The molecule has 1 aromatic rings.